The lowest BCUT2D eigenvalue weighted by Crippen LogP contribution is -2.22. The number of rotatable bonds is 6. The van der Waals surface area contributed by atoms with Gasteiger partial charge in [-0.15, -0.1) is 0 Å². The third kappa shape index (κ3) is 5.23. The second-order valence-corrected chi connectivity index (χ2v) is 8.55. The van der Waals surface area contributed by atoms with E-state index in [0.29, 0.717) is 29.8 Å². The molecule has 0 radical (unpaired) electrons. The molecule has 1 N–H and O–H groups in total. The Labute approximate surface area is 157 Å². The molecule has 0 spiro atoms. The van der Waals surface area contributed by atoms with Gasteiger partial charge in [0.2, 0.25) is 10.0 Å². The summed E-state index contributed by atoms with van der Waals surface area (Å²) in [7, 11) is -3.40. The Hall–Kier alpha value is -2.06. The van der Waals surface area contributed by atoms with Gasteiger partial charge in [-0.1, -0.05) is 12.1 Å². The summed E-state index contributed by atoms with van der Waals surface area (Å²) in [6.07, 6.45) is 5.51. The van der Waals surface area contributed by atoms with E-state index >= 15 is 0 Å². The van der Waals surface area contributed by atoms with E-state index < -0.39 is 21.7 Å². The highest BCUT2D eigenvalue weighted by atomic mass is 32.2. The van der Waals surface area contributed by atoms with Crippen LogP contribution in [-0.4, -0.2) is 25.8 Å². The summed E-state index contributed by atoms with van der Waals surface area (Å²) in [4.78, 5) is 4.19. The number of anilines is 1. The van der Waals surface area contributed by atoms with Crippen molar-refractivity contribution >= 4 is 15.7 Å². The van der Waals surface area contributed by atoms with Crippen molar-refractivity contribution in [3.63, 3.8) is 0 Å². The number of nitrogens with zero attached hydrogens (tertiary/aromatic N) is 1. The van der Waals surface area contributed by atoms with Gasteiger partial charge < -0.3 is 4.74 Å². The molecule has 1 aromatic carbocycles. The lowest BCUT2D eigenvalue weighted by atomic mass is 9.82. The molecule has 8 heteroatoms. The fourth-order valence-electron chi connectivity index (χ4n) is 3.42. The lowest BCUT2D eigenvalue weighted by Gasteiger charge is -2.29. The van der Waals surface area contributed by atoms with Crippen molar-refractivity contribution < 1.29 is 21.9 Å². The molecule has 5 nitrogen and oxygen atoms in total. The van der Waals surface area contributed by atoms with Crippen LogP contribution >= 0.6 is 0 Å². The van der Waals surface area contributed by atoms with Crippen molar-refractivity contribution in [2.24, 2.45) is 0 Å². The topological polar surface area (TPSA) is 68.3 Å². The zero-order valence-electron chi connectivity index (χ0n) is 15.0. The van der Waals surface area contributed by atoms with Crippen molar-refractivity contribution in [1.29, 1.82) is 0 Å². The van der Waals surface area contributed by atoms with Gasteiger partial charge in [0.25, 0.3) is 0 Å². The third-order valence-corrected chi connectivity index (χ3v) is 5.33. The molecule has 27 heavy (non-hydrogen) atoms. The number of nitrogens with one attached hydrogen (secondary N) is 1. The molecular weight excluding hydrogens is 374 g/mol. The Morgan fingerprint density at radius 3 is 2.59 bits per heavy atom. The van der Waals surface area contributed by atoms with Gasteiger partial charge in [0.05, 0.1) is 30.3 Å². The second-order valence-electron chi connectivity index (χ2n) is 6.80. The van der Waals surface area contributed by atoms with Crippen molar-refractivity contribution in [2.45, 2.75) is 44.3 Å². The number of pyridine rings is 1. The minimum atomic E-state index is -3.40. The molecule has 1 aromatic heterocycles. The maximum Gasteiger partial charge on any atom is 0.229 e. The summed E-state index contributed by atoms with van der Waals surface area (Å²) in [5.41, 5.74) is 1.34. The van der Waals surface area contributed by atoms with Gasteiger partial charge in [-0.2, -0.15) is 0 Å². The summed E-state index contributed by atoms with van der Waals surface area (Å²) in [6.45, 7) is 0.183. The van der Waals surface area contributed by atoms with Crippen LogP contribution < -0.4 is 4.72 Å². The fourth-order valence-corrected chi connectivity index (χ4v) is 4.00. The number of sulfonamides is 1. The van der Waals surface area contributed by atoms with Crippen LogP contribution in [0.25, 0.3) is 0 Å². The Bertz CT molecular complexity index is 898. The molecular formula is C19H22F2N2O3S. The first-order chi connectivity index (χ1) is 12.8. The van der Waals surface area contributed by atoms with Crippen LogP contribution in [0.4, 0.5) is 14.5 Å². The first-order valence-electron chi connectivity index (χ1n) is 8.80. The van der Waals surface area contributed by atoms with Crippen LogP contribution in [0.5, 0.6) is 0 Å². The van der Waals surface area contributed by atoms with E-state index in [0.717, 1.165) is 25.2 Å². The third-order valence-electron chi connectivity index (χ3n) is 4.74. The molecule has 1 saturated carbocycles. The molecule has 3 rings (SSSR count). The molecule has 1 aliphatic carbocycles. The van der Waals surface area contributed by atoms with Crippen molar-refractivity contribution in [1.82, 2.24) is 4.98 Å². The van der Waals surface area contributed by atoms with Gasteiger partial charge in [0.1, 0.15) is 0 Å². The SMILES string of the molecule is CS(=O)(=O)Nc1cccnc1CO[C@H]1CC[C@@H](c2cccc(F)c2F)CC1. The van der Waals surface area contributed by atoms with Crippen LogP contribution in [0, 0.1) is 11.6 Å². The van der Waals surface area contributed by atoms with E-state index in [2.05, 4.69) is 9.71 Å². The van der Waals surface area contributed by atoms with Crippen LogP contribution in [0.2, 0.25) is 0 Å². The van der Waals surface area contributed by atoms with E-state index in [-0.39, 0.29) is 18.6 Å². The van der Waals surface area contributed by atoms with Crippen molar-refractivity contribution in [3.05, 3.63) is 59.4 Å². The number of benzene rings is 1. The van der Waals surface area contributed by atoms with Crippen molar-refractivity contribution in [2.75, 3.05) is 11.0 Å². The molecule has 0 amide bonds. The molecule has 0 bridgehead atoms. The molecule has 0 saturated heterocycles. The van der Waals surface area contributed by atoms with E-state index in [1.54, 1.807) is 24.4 Å². The van der Waals surface area contributed by atoms with Gasteiger partial charge in [0, 0.05) is 6.20 Å². The summed E-state index contributed by atoms with van der Waals surface area (Å²) < 4.78 is 58.6. The monoisotopic (exact) mass is 396 g/mol. The number of hydrogen-bond acceptors (Lipinski definition) is 4. The first kappa shape index (κ1) is 19.7. The normalized spacial score (nSPS) is 20.4. The fraction of sp³-hybridized carbons (Fsp3) is 0.421. The predicted octanol–water partition coefficient (Wildman–Crippen LogP) is 3.97. The lowest BCUT2D eigenvalue weighted by molar-refractivity contribution is 0.0118. The molecule has 0 unspecified atom stereocenters. The molecule has 2 aromatic rings. The van der Waals surface area contributed by atoms with E-state index in [4.69, 9.17) is 4.74 Å². The predicted molar refractivity (Wildman–Crippen MR) is 98.8 cm³/mol. The largest absolute Gasteiger partial charge is 0.372 e. The van der Waals surface area contributed by atoms with E-state index in [9.17, 15) is 17.2 Å². The quantitative estimate of drug-likeness (QED) is 0.802. The van der Waals surface area contributed by atoms with Gasteiger partial charge in [-0.3, -0.25) is 9.71 Å². The van der Waals surface area contributed by atoms with Gasteiger partial charge >= 0.3 is 0 Å². The molecule has 1 heterocycles. The number of hydrogen-bond donors (Lipinski definition) is 1. The van der Waals surface area contributed by atoms with Crippen LogP contribution in [0.1, 0.15) is 42.9 Å². The van der Waals surface area contributed by atoms with Gasteiger partial charge in [-0.05, 0) is 55.4 Å². The smallest absolute Gasteiger partial charge is 0.229 e. The van der Waals surface area contributed by atoms with Crippen molar-refractivity contribution in [3.8, 4) is 0 Å². The number of aromatic nitrogens is 1. The average molecular weight is 396 g/mol. The summed E-state index contributed by atoms with van der Waals surface area (Å²) in [5.74, 6) is -1.59. The average Bonchev–Trinajstić information content (AvgIpc) is 2.63. The first-order valence-corrected chi connectivity index (χ1v) is 10.7. The zero-order chi connectivity index (χ0) is 19.4. The zero-order valence-corrected chi connectivity index (χ0v) is 15.8. The standard InChI is InChI=1S/C19H22F2N2O3S/c1-27(24,25)23-17-6-3-11-22-18(17)12-26-14-9-7-13(8-10-14)15-4-2-5-16(20)19(15)21/h2-6,11,13-14,23H,7-10,12H2,1H3/t13-,14+. The number of halogens is 2. The van der Waals surface area contributed by atoms with Gasteiger partial charge in [-0.25, -0.2) is 17.2 Å². The Balaban J connectivity index is 1.57. The molecule has 0 aliphatic heterocycles. The highest BCUT2D eigenvalue weighted by Crippen LogP contribution is 2.36. The molecule has 0 atom stereocenters. The maximum absolute atomic E-state index is 14.0. The number of ether oxygens (including phenoxy) is 1. The molecule has 146 valence electrons. The highest BCUT2D eigenvalue weighted by molar-refractivity contribution is 7.92. The van der Waals surface area contributed by atoms with E-state index in [1.165, 1.54) is 6.07 Å². The van der Waals surface area contributed by atoms with Gasteiger partial charge in [0.15, 0.2) is 11.6 Å². The Kier molecular flexibility index (Phi) is 6.06. The van der Waals surface area contributed by atoms with Crippen LogP contribution in [-0.2, 0) is 21.4 Å². The van der Waals surface area contributed by atoms with Crippen LogP contribution in [0.3, 0.4) is 0 Å². The summed E-state index contributed by atoms with van der Waals surface area (Å²) in [6, 6.07) is 7.59. The van der Waals surface area contributed by atoms with Crippen LogP contribution in [0.15, 0.2) is 36.5 Å². The minimum Gasteiger partial charge on any atom is -0.372 e. The summed E-state index contributed by atoms with van der Waals surface area (Å²) in [5, 5.41) is 0. The Morgan fingerprint density at radius 1 is 1.15 bits per heavy atom. The molecule has 1 aliphatic rings. The Morgan fingerprint density at radius 2 is 1.89 bits per heavy atom. The van der Waals surface area contributed by atoms with E-state index in [1.807, 2.05) is 0 Å². The maximum atomic E-state index is 14.0. The highest BCUT2D eigenvalue weighted by Gasteiger charge is 2.26. The second kappa shape index (κ2) is 8.31. The molecule has 1 fully saturated rings. The minimum absolute atomic E-state index is 0.0159. The summed E-state index contributed by atoms with van der Waals surface area (Å²) >= 11 is 0.